The second-order valence-corrected chi connectivity index (χ2v) is 9.25. The fraction of sp³-hybridized carbons (Fsp3) is 0.538. The Morgan fingerprint density at radius 1 is 1.03 bits per heavy atom. The second kappa shape index (κ2) is 9.89. The minimum atomic E-state index is 0.482. The van der Waals surface area contributed by atoms with Crippen LogP contribution in [0.1, 0.15) is 54.4 Å². The molecule has 1 aromatic heterocycles. The van der Waals surface area contributed by atoms with Gasteiger partial charge in [0.2, 0.25) is 0 Å². The van der Waals surface area contributed by atoms with E-state index >= 15 is 0 Å². The van der Waals surface area contributed by atoms with Gasteiger partial charge in [0.25, 0.3) is 0 Å². The topological polar surface area (TPSA) is 64.4 Å². The van der Waals surface area contributed by atoms with Crippen LogP contribution in [-0.2, 0) is 24.2 Å². The Balaban J connectivity index is 1.48. The quantitative estimate of drug-likeness (QED) is 0.769. The van der Waals surface area contributed by atoms with Gasteiger partial charge >= 0.3 is 0 Å². The Morgan fingerprint density at radius 3 is 2.56 bits per heavy atom. The molecule has 1 N–H and O–H groups in total. The van der Waals surface area contributed by atoms with E-state index in [1.54, 1.807) is 0 Å². The molecule has 1 aromatic carbocycles. The summed E-state index contributed by atoms with van der Waals surface area (Å²) < 4.78 is 5.56. The van der Waals surface area contributed by atoms with E-state index in [1.165, 1.54) is 48.8 Å². The highest BCUT2D eigenvalue weighted by atomic mass is 16.5. The number of benzene rings is 1. The zero-order chi connectivity index (χ0) is 21.8. The molecule has 0 radical (unpaired) electrons. The molecule has 2 fully saturated rings. The standard InChI is InChI=1S/C26H33N5O/c27-17-23-22-11-12-30(18-20-7-3-1-4-8-20)19-24(22)25(28-21-9-5-2-6-10-21)29-26(23)31-13-15-32-16-14-31/h1,3-4,7-8,21H,2,5-6,9-16,18-19H2,(H,28,29). The van der Waals surface area contributed by atoms with E-state index in [0.717, 1.165) is 56.3 Å². The van der Waals surface area contributed by atoms with Gasteiger partial charge in [-0.25, -0.2) is 4.98 Å². The summed E-state index contributed by atoms with van der Waals surface area (Å²) in [5.74, 6) is 1.86. The summed E-state index contributed by atoms with van der Waals surface area (Å²) in [6, 6.07) is 13.7. The largest absolute Gasteiger partial charge is 0.378 e. The van der Waals surface area contributed by atoms with Gasteiger partial charge in [0.15, 0.2) is 0 Å². The fourth-order valence-corrected chi connectivity index (χ4v) is 5.33. The molecule has 1 aliphatic carbocycles. The zero-order valence-corrected chi connectivity index (χ0v) is 18.9. The molecule has 0 bridgehead atoms. The normalized spacial score (nSPS) is 19.9. The van der Waals surface area contributed by atoms with Crippen LogP contribution in [0, 0.1) is 11.3 Å². The average molecular weight is 432 g/mol. The van der Waals surface area contributed by atoms with Gasteiger partial charge in [0.05, 0.1) is 18.8 Å². The Morgan fingerprint density at radius 2 is 1.81 bits per heavy atom. The SMILES string of the molecule is N#Cc1c(N2CCOCC2)nc(NC2CCCCC2)c2c1CCN(Cc1ccccc1)C2. The smallest absolute Gasteiger partial charge is 0.149 e. The lowest BCUT2D eigenvalue weighted by Gasteiger charge is -2.35. The number of rotatable bonds is 5. The summed E-state index contributed by atoms with van der Waals surface area (Å²) in [5, 5.41) is 14.0. The van der Waals surface area contributed by atoms with Crippen LogP contribution < -0.4 is 10.2 Å². The first-order valence-corrected chi connectivity index (χ1v) is 12.1. The summed E-state index contributed by atoms with van der Waals surface area (Å²) in [6.07, 6.45) is 7.21. The maximum atomic E-state index is 10.1. The maximum Gasteiger partial charge on any atom is 0.149 e. The van der Waals surface area contributed by atoms with Crippen LogP contribution in [0.3, 0.4) is 0 Å². The van der Waals surface area contributed by atoms with Crippen molar-refractivity contribution in [1.29, 1.82) is 5.26 Å². The van der Waals surface area contributed by atoms with Crippen LogP contribution in [-0.4, -0.2) is 48.8 Å². The first-order valence-electron chi connectivity index (χ1n) is 12.1. The first kappa shape index (κ1) is 21.2. The summed E-state index contributed by atoms with van der Waals surface area (Å²) in [4.78, 5) is 9.85. The van der Waals surface area contributed by atoms with Gasteiger partial charge in [-0.2, -0.15) is 5.26 Å². The molecule has 5 rings (SSSR count). The first-order chi connectivity index (χ1) is 15.8. The molecule has 0 spiro atoms. The third kappa shape index (κ3) is 4.60. The summed E-state index contributed by atoms with van der Waals surface area (Å²) in [7, 11) is 0. The average Bonchev–Trinajstić information content (AvgIpc) is 2.86. The predicted octanol–water partition coefficient (Wildman–Crippen LogP) is 4.09. The number of hydrogen-bond donors (Lipinski definition) is 1. The number of morpholine rings is 1. The predicted molar refractivity (Wildman–Crippen MR) is 127 cm³/mol. The molecule has 3 heterocycles. The number of aromatic nitrogens is 1. The molecule has 2 aromatic rings. The highest BCUT2D eigenvalue weighted by Crippen LogP contribution is 2.35. The highest BCUT2D eigenvalue weighted by Gasteiger charge is 2.29. The van der Waals surface area contributed by atoms with E-state index in [2.05, 4.69) is 51.5 Å². The molecule has 32 heavy (non-hydrogen) atoms. The number of nitrogens with zero attached hydrogens (tertiary/aromatic N) is 4. The zero-order valence-electron chi connectivity index (χ0n) is 18.9. The van der Waals surface area contributed by atoms with Crippen LogP contribution >= 0.6 is 0 Å². The molecule has 6 heteroatoms. The lowest BCUT2D eigenvalue weighted by atomic mass is 9.93. The van der Waals surface area contributed by atoms with Crippen molar-refractivity contribution in [2.75, 3.05) is 43.1 Å². The van der Waals surface area contributed by atoms with Crippen molar-refractivity contribution < 1.29 is 4.74 Å². The molecule has 0 amide bonds. The highest BCUT2D eigenvalue weighted by molar-refractivity contribution is 5.67. The summed E-state index contributed by atoms with van der Waals surface area (Å²) in [5.41, 5.74) is 4.53. The molecule has 6 nitrogen and oxygen atoms in total. The molecular weight excluding hydrogens is 398 g/mol. The molecule has 3 aliphatic rings. The third-order valence-corrected chi connectivity index (χ3v) is 7.07. The van der Waals surface area contributed by atoms with Crippen LogP contribution in [0.4, 0.5) is 11.6 Å². The Labute approximate surface area is 191 Å². The van der Waals surface area contributed by atoms with E-state index in [0.29, 0.717) is 19.3 Å². The Hall–Kier alpha value is -2.62. The van der Waals surface area contributed by atoms with Gasteiger partial charge in [-0.3, -0.25) is 4.90 Å². The molecule has 2 aliphatic heterocycles. The number of anilines is 2. The van der Waals surface area contributed by atoms with Crippen molar-refractivity contribution >= 4 is 11.6 Å². The molecule has 1 saturated heterocycles. The van der Waals surface area contributed by atoms with Gasteiger partial charge in [-0.05, 0) is 30.4 Å². The van der Waals surface area contributed by atoms with Gasteiger partial charge in [-0.1, -0.05) is 49.6 Å². The van der Waals surface area contributed by atoms with E-state index in [-0.39, 0.29) is 0 Å². The van der Waals surface area contributed by atoms with Crippen LogP contribution in [0.5, 0.6) is 0 Å². The van der Waals surface area contributed by atoms with Crippen molar-refractivity contribution in [1.82, 2.24) is 9.88 Å². The van der Waals surface area contributed by atoms with Crippen molar-refractivity contribution in [3.8, 4) is 6.07 Å². The number of fused-ring (bicyclic) bond motifs is 1. The van der Waals surface area contributed by atoms with Crippen LogP contribution in [0.15, 0.2) is 30.3 Å². The third-order valence-electron chi connectivity index (χ3n) is 7.07. The van der Waals surface area contributed by atoms with Crippen molar-refractivity contribution in [2.24, 2.45) is 0 Å². The van der Waals surface area contributed by atoms with E-state index in [4.69, 9.17) is 9.72 Å². The molecule has 0 atom stereocenters. The van der Waals surface area contributed by atoms with E-state index in [9.17, 15) is 5.26 Å². The number of nitrogens with one attached hydrogen (secondary N) is 1. The van der Waals surface area contributed by atoms with Crippen molar-refractivity contribution in [2.45, 2.75) is 57.7 Å². The number of nitriles is 1. The van der Waals surface area contributed by atoms with Gasteiger partial charge in [0.1, 0.15) is 17.7 Å². The van der Waals surface area contributed by atoms with E-state index in [1.807, 2.05) is 0 Å². The Kier molecular flexibility index (Phi) is 6.56. The van der Waals surface area contributed by atoms with E-state index < -0.39 is 0 Å². The monoisotopic (exact) mass is 431 g/mol. The van der Waals surface area contributed by atoms with Gasteiger partial charge in [-0.15, -0.1) is 0 Å². The molecule has 0 unspecified atom stereocenters. The number of hydrogen-bond acceptors (Lipinski definition) is 6. The van der Waals surface area contributed by atoms with Crippen LogP contribution in [0.2, 0.25) is 0 Å². The minimum absolute atomic E-state index is 0.482. The van der Waals surface area contributed by atoms with Crippen molar-refractivity contribution in [3.05, 3.63) is 52.6 Å². The minimum Gasteiger partial charge on any atom is -0.378 e. The van der Waals surface area contributed by atoms with Crippen molar-refractivity contribution in [3.63, 3.8) is 0 Å². The number of pyridine rings is 1. The molecule has 1 saturated carbocycles. The molecular formula is C26H33N5O. The summed E-state index contributed by atoms with van der Waals surface area (Å²) in [6.45, 7) is 5.71. The number of ether oxygens (including phenoxy) is 1. The second-order valence-electron chi connectivity index (χ2n) is 9.25. The van der Waals surface area contributed by atoms with Crippen LogP contribution in [0.25, 0.3) is 0 Å². The van der Waals surface area contributed by atoms with Gasteiger partial charge < -0.3 is 15.0 Å². The lowest BCUT2D eigenvalue weighted by molar-refractivity contribution is 0.122. The maximum absolute atomic E-state index is 10.1. The van der Waals surface area contributed by atoms with Gasteiger partial charge in [0, 0.05) is 44.3 Å². The Bertz CT molecular complexity index is 958. The fourth-order valence-electron chi connectivity index (χ4n) is 5.33. The lowest BCUT2D eigenvalue weighted by Crippen LogP contribution is -2.39. The molecule has 168 valence electrons. The summed E-state index contributed by atoms with van der Waals surface area (Å²) >= 11 is 0.